The molecule has 2 saturated heterocycles. The van der Waals surface area contributed by atoms with Gasteiger partial charge >= 0.3 is 6.03 Å². The van der Waals surface area contributed by atoms with Crippen molar-refractivity contribution in [3.63, 3.8) is 0 Å². The maximum Gasteiger partial charge on any atom is 0.317 e. The maximum atomic E-state index is 12.3. The Morgan fingerprint density at radius 3 is 2.92 bits per heavy atom. The van der Waals surface area contributed by atoms with Crippen LogP contribution in [0, 0.1) is 0 Å². The predicted octanol–water partition coefficient (Wildman–Crippen LogP) is 1.34. The van der Waals surface area contributed by atoms with Crippen molar-refractivity contribution in [2.24, 2.45) is 0 Å². The van der Waals surface area contributed by atoms with Crippen molar-refractivity contribution in [2.45, 2.75) is 25.5 Å². The summed E-state index contributed by atoms with van der Waals surface area (Å²) in [4.78, 5) is 21.2. The van der Waals surface area contributed by atoms with Gasteiger partial charge in [0.25, 0.3) is 0 Å². The van der Waals surface area contributed by atoms with Gasteiger partial charge < -0.3 is 19.4 Å². The molecule has 0 radical (unpaired) electrons. The molecular formula is C18H25N5O2. The second kappa shape index (κ2) is 7.41. The van der Waals surface area contributed by atoms with Crippen LogP contribution in [0.4, 0.5) is 4.79 Å². The largest absolute Gasteiger partial charge is 0.376 e. The molecule has 0 spiro atoms. The summed E-state index contributed by atoms with van der Waals surface area (Å²) in [7, 11) is 0. The SMILES string of the molecule is O=C(NC[C@H]1CCCO1)N1CCN(Cc2cn3ccccc3n2)CC1. The van der Waals surface area contributed by atoms with Crippen molar-refractivity contribution >= 4 is 11.7 Å². The lowest BCUT2D eigenvalue weighted by atomic mass is 10.2. The number of aromatic nitrogens is 2. The minimum atomic E-state index is 0.0304. The van der Waals surface area contributed by atoms with Gasteiger partial charge in [0.2, 0.25) is 0 Å². The number of imidazole rings is 1. The minimum absolute atomic E-state index is 0.0304. The van der Waals surface area contributed by atoms with E-state index in [4.69, 9.17) is 4.74 Å². The van der Waals surface area contributed by atoms with Crippen LogP contribution in [0.1, 0.15) is 18.5 Å². The number of piperazine rings is 1. The number of fused-ring (bicyclic) bond motifs is 1. The lowest BCUT2D eigenvalue weighted by molar-refractivity contribution is 0.103. The molecule has 25 heavy (non-hydrogen) atoms. The van der Waals surface area contributed by atoms with Gasteiger partial charge in [-0.3, -0.25) is 4.90 Å². The Morgan fingerprint density at radius 2 is 2.16 bits per heavy atom. The van der Waals surface area contributed by atoms with Gasteiger partial charge in [-0.25, -0.2) is 9.78 Å². The topological polar surface area (TPSA) is 62.1 Å². The molecule has 4 heterocycles. The summed E-state index contributed by atoms with van der Waals surface area (Å²) in [6, 6.07) is 6.05. The first-order valence-electron chi connectivity index (χ1n) is 9.07. The first-order chi connectivity index (χ1) is 12.3. The van der Waals surface area contributed by atoms with E-state index in [0.717, 1.165) is 63.5 Å². The second-order valence-electron chi connectivity index (χ2n) is 6.78. The molecule has 0 saturated carbocycles. The molecule has 7 nitrogen and oxygen atoms in total. The Morgan fingerprint density at radius 1 is 1.28 bits per heavy atom. The first-order valence-corrected chi connectivity index (χ1v) is 9.07. The van der Waals surface area contributed by atoms with E-state index in [0.29, 0.717) is 6.54 Å². The van der Waals surface area contributed by atoms with Crippen LogP contribution in [-0.2, 0) is 11.3 Å². The van der Waals surface area contributed by atoms with Crippen LogP contribution in [0.5, 0.6) is 0 Å². The molecule has 1 N–H and O–H groups in total. The third kappa shape index (κ3) is 3.93. The number of rotatable bonds is 4. The first kappa shape index (κ1) is 16.4. The lowest BCUT2D eigenvalue weighted by Gasteiger charge is -2.34. The molecule has 2 aromatic heterocycles. The number of hydrogen-bond donors (Lipinski definition) is 1. The Hall–Kier alpha value is -2.12. The smallest absolute Gasteiger partial charge is 0.317 e. The van der Waals surface area contributed by atoms with Crippen LogP contribution in [0.15, 0.2) is 30.6 Å². The third-order valence-electron chi connectivity index (χ3n) is 4.96. The van der Waals surface area contributed by atoms with Gasteiger partial charge in [0.1, 0.15) is 5.65 Å². The van der Waals surface area contributed by atoms with E-state index in [2.05, 4.69) is 21.4 Å². The highest BCUT2D eigenvalue weighted by molar-refractivity contribution is 5.74. The van der Waals surface area contributed by atoms with Gasteiger partial charge in [0, 0.05) is 58.3 Å². The number of carbonyl (C=O) groups is 1. The van der Waals surface area contributed by atoms with Crippen LogP contribution < -0.4 is 5.32 Å². The van der Waals surface area contributed by atoms with Crippen molar-refractivity contribution in [3.8, 4) is 0 Å². The molecule has 0 unspecified atom stereocenters. The van der Waals surface area contributed by atoms with E-state index in [1.54, 1.807) is 0 Å². The van der Waals surface area contributed by atoms with Gasteiger partial charge in [0.15, 0.2) is 0 Å². The molecule has 1 atom stereocenters. The summed E-state index contributed by atoms with van der Waals surface area (Å²) in [5.74, 6) is 0. The molecule has 0 aliphatic carbocycles. The summed E-state index contributed by atoms with van der Waals surface area (Å²) in [5.41, 5.74) is 2.05. The van der Waals surface area contributed by atoms with E-state index >= 15 is 0 Å². The quantitative estimate of drug-likeness (QED) is 0.910. The van der Waals surface area contributed by atoms with E-state index in [9.17, 15) is 4.79 Å². The zero-order valence-electron chi connectivity index (χ0n) is 14.4. The fourth-order valence-corrected chi connectivity index (χ4v) is 3.52. The van der Waals surface area contributed by atoms with Gasteiger partial charge in [-0.1, -0.05) is 6.07 Å². The number of amides is 2. The third-order valence-corrected chi connectivity index (χ3v) is 4.96. The highest BCUT2D eigenvalue weighted by Gasteiger charge is 2.23. The van der Waals surface area contributed by atoms with Crippen molar-refractivity contribution in [1.82, 2.24) is 24.5 Å². The van der Waals surface area contributed by atoms with Crippen LogP contribution in [-0.4, -0.2) is 70.7 Å². The molecule has 4 rings (SSSR count). The molecule has 2 fully saturated rings. The lowest BCUT2D eigenvalue weighted by Crippen LogP contribution is -2.52. The van der Waals surface area contributed by atoms with Gasteiger partial charge in [0.05, 0.1) is 11.8 Å². The number of carbonyl (C=O) groups excluding carboxylic acids is 1. The maximum absolute atomic E-state index is 12.3. The fraction of sp³-hybridized carbons (Fsp3) is 0.556. The Labute approximate surface area is 147 Å². The molecule has 134 valence electrons. The van der Waals surface area contributed by atoms with Gasteiger partial charge in [-0.2, -0.15) is 0 Å². The van der Waals surface area contributed by atoms with Crippen LogP contribution in [0.2, 0.25) is 0 Å². The Kier molecular flexibility index (Phi) is 4.85. The molecule has 2 amide bonds. The molecule has 7 heteroatoms. The monoisotopic (exact) mass is 343 g/mol. The van der Waals surface area contributed by atoms with Crippen LogP contribution in [0.25, 0.3) is 5.65 Å². The van der Waals surface area contributed by atoms with E-state index in [1.807, 2.05) is 33.7 Å². The number of ether oxygens (including phenoxy) is 1. The second-order valence-corrected chi connectivity index (χ2v) is 6.78. The highest BCUT2D eigenvalue weighted by atomic mass is 16.5. The summed E-state index contributed by atoms with van der Waals surface area (Å²) < 4.78 is 7.59. The zero-order chi connectivity index (χ0) is 17.1. The summed E-state index contributed by atoms with van der Waals surface area (Å²) in [6.07, 6.45) is 6.44. The summed E-state index contributed by atoms with van der Waals surface area (Å²) >= 11 is 0. The Bertz CT molecular complexity index is 684. The van der Waals surface area contributed by atoms with Crippen LogP contribution >= 0.6 is 0 Å². The molecule has 0 aromatic carbocycles. The van der Waals surface area contributed by atoms with Crippen molar-refractivity contribution in [3.05, 3.63) is 36.3 Å². The standard InChI is InChI=1S/C18H25N5O2/c24-18(19-12-16-4-3-11-25-16)22-9-7-21(8-10-22)13-15-14-23-6-2-1-5-17(23)20-15/h1-2,5-6,14,16H,3-4,7-13H2,(H,19,24)/t16-/m1/s1. The molecule has 2 aliphatic heterocycles. The molecule has 2 aliphatic rings. The Balaban J connectivity index is 1.24. The molecule has 2 aromatic rings. The molecular weight excluding hydrogens is 318 g/mol. The van der Waals surface area contributed by atoms with E-state index in [1.165, 1.54) is 0 Å². The number of hydrogen-bond acceptors (Lipinski definition) is 4. The zero-order valence-corrected chi connectivity index (χ0v) is 14.4. The highest BCUT2D eigenvalue weighted by Crippen LogP contribution is 2.12. The predicted molar refractivity (Wildman–Crippen MR) is 94.4 cm³/mol. The minimum Gasteiger partial charge on any atom is -0.376 e. The average Bonchev–Trinajstić information content (AvgIpc) is 3.29. The molecule has 0 bridgehead atoms. The van der Waals surface area contributed by atoms with Crippen molar-refractivity contribution in [2.75, 3.05) is 39.3 Å². The fourth-order valence-electron chi connectivity index (χ4n) is 3.52. The average molecular weight is 343 g/mol. The number of nitrogens with zero attached hydrogens (tertiary/aromatic N) is 4. The van der Waals surface area contributed by atoms with Crippen LogP contribution in [0.3, 0.4) is 0 Å². The van der Waals surface area contributed by atoms with E-state index in [-0.39, 0.29) is 12.1 Å². The normalized spacial score (nSPS) is 21.8. The summed E-state index contributed by atoms with van der Waals surface area (Å²) in [5, 5.41) is 3.00. The van der Waals surface area contributed by atoms with Gasteiger partial charge in [-0.15, -0.1) is 0 Å². The van der Waals surface area contributed by atoms with E-state index < -0.39 is 0 Å². The van der Waals surface area contributed by atoms with Gasteiger partial charge in [-0.05, 0) is 25.0 Å². The van der Waals surface area contributed by atoms with Crippen molar-refractivity contribution in [1.29, 1.82) is 0 Å². The summed E-state index contributed by atoms with van der Waals surface area (Å²) in [6.45, 7) is 5.54. The number of urea groups is 1. The number of pyridine rings is 1. The van der Waals surface area contributed by atoms with Crippen molar-refractivity contribution < 1.29 is 9.53 Å². The number of nitrogens with one attached hydrogen (secondary N) is 1.